The Bertz CT molecular complexity index is 687. The van der Waals surface area contributed by atoms with Crippen LogP contribution in [-0.2, 0) is 6.54 Å². The lowest BCUT2D eigenvalue weighted by Gasteiger charge is -2.23. The Labute approximate surface area is 122 Å². The molecule has 0 saturated heterocycles. The van der Waals surface area contributed by atoms with Crippen molar-refractivity contribution in [1.29, 1.82) is 0 Å². The molecule has 0 spiro atoms. The van der Waals surface area contributed by atoms with Crippen LogP contribution in [-0.4, -0.2) is 11.5 Å². The molecule has 102 valence electrons. The Balaban J connectivity index is 1.90. The average Bonchev–Trinajstić information content (AvgIpc) is 2.88. The number of nitrogen functional groups attached to an aromatic ring is 1. The van der Waals surface area contributed by atoms with E-state index in [9.17, 15) is 0 Å². The van der Waals surface area contributed by atoms with Gasteiger partial charge < -0.3 is 10.6 Å². The molecular formula is C16H17N3S. The number of nitrogens with zero attached hydrogens (tertiary/aromatic N) is 2. The Morgan fingerprint density at radius 3 is 2.60 bits per heavy atom. The quantitative estimate of drug-likeness (QED) is 0.738. The zero-order valence-electron chi connectivity index (χ0n) is 11.4. The molecule has 0 aliphatic heterocycles. The van der Waals surface area contributed by atoms with Gasteiger partial charge in [0.1, 0.15) is 5.01 Å². The van der Waals surface area contributed by atoms with Gasteiger partial charge in [0.05, 0.1) is 28.1 Å². The number of thiazole rings is 1. The van der Waals surface area contributed by atoms with Crippen molar-refractivity contribution in [3.8, 4) is 0 Å². The van der Waals surface area contributed by atoms with Crippen LogP contribution in [0.4, 0.5) is 11.4 Å². The molecule has 1 aromatic heterocycles. The van der Waals surface area contributed by atoms with E-state index < -0.39 is 0 Å². The van der Waals surface area contributed by atoms with Crippen LogP contribution < -0.4 is 10.6 Å². The maximum absolute atomic E-state index is 6.07. The number of rotatable bonds is 4. The molecule has 0 bridgehead atoms. The summed E-state index contributed by atoms with van der Waals surface area (Å²) in [6.07, 6.45) is 0. The van der Waals surface area contributed by atoms with Gasteiger partial charge >= 0.3 is 0 Å². The van der Waals surface area contributed by atoms with Crippen molar-refractivity contribution in [3.05, 3.63) is 53.5 Å². The molecule has 0 amide bonds. The molecular weight excluding hydrogens is 266 g/mol. The number of nitrogens with two attached hydrogens (primary N) is 1. The molecule has 3 aromatic rings. The average molecular weight is 283 g/mol. The van der Waals surface area contributed by atoms with E-state index in [2.05, 4.69) is 36.1 Å². The summed E-state index contributed by atoms with van der Waals surface area (Å²) < 4.78 is 1.24. The number of para-hydroxylation sites is 3. The largest absolute Gasteiger partial charge is 0.397 e. The van der Waals surface area contributed by atoms with Crippen molar-refractivity contribution in [2.24, 2.45) is 0 Å². The molecule has 0 unspecified atom stereocenters. The van der Waals surface area contributed by atoms with Gasteiger partial charge in [-0.2, -0.15) is 0 Å². The number of benzene rings is 2. The van der Waals surface area contributed by atoms with Gasteiger partial charge in [0, 0.05) is 6.54 Å². The standard InChI is InChI=1S/C16H17N3S/c1-2-19(14-9-5-3-7-12(14)17)11-16-18-13-8-4-6-10-15(13)20-16/h3-10H,2,11,17H2,1H3. The second-order valence-corrected chi connectivity index (χ2v) is 5.76. The minimum absolute atomic E-state index is 0.796. The second-order valence-electron chi connectivity index (χ2n) is 4.65. The summed E-state index contributed by atoms with van der Waals surface area (Å²) in [4.78, 5) is 6.95. The van der Waals surface area contributed by atoms with Gasteiger partial charge in [-0.05, 0) is 31.2 Å². The normalized spacial score (nSPS) is 10.8. The molecule has 0 aliphatic carbocycles. The molecule has 2 aromatic carbocycles. The highest BCUT2D eigenvalue weighted by Crippen LogP contribution is 2.27. The number of aromatic nitrogens is 1. The van der Waals surface area contributed by atoms with Gasteiger partial charge in [-0.1, -0.05) is 24.3 Å². The van der Waals surface area contributed by atoms with Crippen LogP contribution in [0.25, 0.3) is 10.2 Å². The Hall–Kier alpha value is -2.07. The smallest absolute Gasteiger partial charge is 0.113 e. The lowest BCUT2D eigenvalue weighted by molar-refractivity contribution is 0.829. The van der Waals surface area contributed by atoms with Crippen LogP contribution in [0, 0.1) is 0 Å². The molecule has 3 rings (SSSR count). The van der Waals surface area contributed by atoms with E-state index >= 15 is 0 Å². The highest BCUT2D eigenvalue weighted by Gasteiger charge is 2.11. The monoisotopic (exact) mass is 283 g/mol. The van der Waals surface area contributed by atoms with Gasteiger partial charge in [-0.15, -0.1) is 11.3 Å². The van der Waals surface area contributed by atoms with Crippen LogP contribution in [0.1, 0.15) is 11.9 Å². The zero-order chi connectivity index (χ0) is 13.9. The lowest BCUT2D eigenvalue weighted by Crippen LogP contribution is -2.22. The minimum atomic E-state index is 0.796. The van der Waals surface area contributed by atoms with E-state index in [1.165, 1.54) is 4.70 Å². The SMILES string of the molecule is CCN(Cc1nc2ccccc2s1)c1ccccc1N. The molecule has 0 aliphatic rings. The van der Waals surface area contributed by atoms with Crippen molar-refractivity contribution in [2.75, 3.05) is 17.2 Å². The highest BCUT2D eigenvalue weighted by molar-refractivity contribution is 7.18. The van der Waals surface area contributed by atoms with Crippen molar-refractivity contribution < 1.29 is 0 Å². The number of anilines is 2. The third-order valence-corrected chi connectivity index (χ3v) is 4.34. The van der Waals surface area contributed by atoms with Crippen LogP contribution in [0.5, 0.6) is 0 Å². The van der Waals surface area contributed by atoms with Gasteiger partial charge in [0.25, 0.3) is 0 Å². The molecule has 0 fully saturated rings. The third kappa shape index (κ3) is 2.47. The Kier molecular flexibility index (Phi) is 3.56. The predicted octanol–water partition coefficient (Wildman–Crippen LogP) is 3.91. The molecule has 0 radical (unpaired) electrons. The van der Waals surface area contributed by atoms with Crippen LogP contribution >= 0.6 is 11.3 Å². The number of hydrogen-bond donors (Lipinski definition) is 1. The minimum Gasteiger partial charge on any atom is -0.397 e. The maximum Gasteiger partial charge on any atom is 0.113 e. The van der Waals surface area contributed by atoms with E-state index in [0.717, 1.165) is 35.0 Å². The number of hydrogen-bond acceptors (Lipinski definition) is 4. The van der Waals surface area contributed by atoms with Crippen LogP contribution in [0.15, 0.2) is 48.5 Å². The summed E-state index contributed by atoms with van der Waals surface area (Å²) in [5, 5.41) is 1.12. The van der Waals surface area contributed by atoms with Gasteiger partial charge in [-0.3, -0.25) is 0 Å². The predicted molar refractivity (Wildman–Crippen MR) is 87.2 cm³/mol. The maximum atomic E-state index is 6.07. The van der Waals surface area contributed by atoms with E-state index in [1.807, 2.05) is 24.3 Å². The van der Waals surface area contributed by atoms with Crippen molar-refractivity contribution in [3.63, 3.8) is 0 Å². The summed E-state index contributed by atoms with van der Waals surface area (Å²) in [5.41, 5.74) is 9.03. The molecule has 0 saturated carbocycles. The highest BCUT2D eigenvalue weighted by atomic mass is 32.1. The third-order valence-electron chi connectivity index (χ3n) is 3.32. The molecule has 1 heterocycles. The molecule has 3 nitrogen and oxygen atoms in total. The van der Waals surface area contributed by atoms with E-state index in [-0.39, 0.29) is 0 Å². The fourth-order valence-electron chi connectivity index (χ4n) is 2.29. The van der Waals surface area contributed by atoms with E-state index in [0.29, 0.717) is 0 Å². The fourth-order valence-corrected chi connectivity index (χ4v) is 3.28. The van der Waals surface area contributed by atoms with Crippen LogP contribution in [0.3, 0.4) is 0 Å². The first-order valence-corrected chi connectivity index (χ1v) is 7.53. The molecule has 2 N–H and O–H groups in total. The van der Waals surface area contributed by atoms with E-state index in [1.54, 1.807) is 11.3 Å². The topological polar surface area (TPSA) is 42.2 Å². The lowest BCUT2D eigenvalue weighted by atomic mass is 10.2. The van der Waals surface area contributed by atoms with E-state index in [4.69, 9.17) is 10.7 Å². The first kappa shape index (κ1) is 12.9. The summed E-state index contributed by atoms with van der Waals surface area (Å²) in [5.74, 6) is 0. The summed E-state index contributed by atoms with van der Waals surface area (Å²) in [6.45, 7) is 3.84. The van der Waals surface area contributed by atoms with Gasteiger partial charge in [-0.25, -0.2) is 4.98 Å². The summed E-state index contributed by atoms with van der Waals surface area (Å²) >= 11 is 1.75. The first-order valence-electron chi connectivity index (χ1n) is 6.72. The van der Waals surface area contributed by atoms with Crippen LogP contribution in [0.2, 0.25) is 0 Å². The van der Waals surface area contributed by atoms with Crippen molar-refractivity contribution >= 4 is 32.9 Å². The first-order chi connectivity index (χ1) is 9.78. The Morgan fingerprint density at radius 1 is 1.10 bits per heavy atom. The molecule has 0 atom stereocenters. The Morgan fingerprint density at radius 2 is 1.85 bits per heavy atom. The zero-order valence-corrected chi connectivity index (χ0v) is 12.2. The van der Waals surface area contributed by atoms with Gasteiger partial charge in [0.2, 0.25) is 0 Å². The molecule has 20 heavy (non-hydrogen) atoms. The second kappa shape index (κ2) is 5.51. The summed E-state index contributed by atoms with van der Waals surface area (Å²) in [7, 11) is 0. The number of fused-ring (bicyclic) bond motifs is 1. The van der Waals surface area contributed by atoms with Crippen molar-refractivity contribution in [2.45, 2.75) is 13.5 Å². The van der Waals surface area contributed by atoms with Crippen molar-refractivity contribution in [1.82, 2.24) is 4.98 Å². The van der Waals surface area contributed by atoms with Gasteiger partial charge in [0.15, 0.2) is 0 Å². The fraction of sp³-hybridized carbons (Fsp3) is 0.188. The summed E-state index contributed by atoms with van der Waals surface area (Å²) in [6, 6.07) is 16.2. The molecule has 4 heteroatoms.